The van der Waals surface area contributed by atoms with Crippen molar-refractivity contribution in [2.45, 2.75) is 6.54 Å². The number of nitrogens with one attached hydrogen (secondary N) is 1. The highest BCUT2D eigenvalue weighted by molar-refractivity contribution is 6.04. The summed E-state index contributed by atoms with van der Waals surface area (Å²) >= 11 is 0. The van der Waals surface area contributed by atoms with Crippen LogP contribution in [0.15, 0.2) is 48.9 Å². The van der Waals surface area contributed by atoms with Gasteiger partial charge in [0.2, 0.25) is 5.75 Å². The van der Waals surface area contributed by atoms with Crippen LogP contribution in [0.5, 0.6) is 17.2 Å². The second-order valence-electron chi connectivity index (χ2n) is 5.63. The zero-order chi connectivity index (χ0) is 19.2. The van der Waals surface area contributed by atoms with Gasteiger partial charge in [0.1, 0.15) is 0 Å². The van der Waals surface area contributed by atoms with Gasteiger partial charge in [-0.15, -0.1) is 0 Å². The highest BCUT2D eigenvalue weighted by atomic mass is 16.5. The van der Waals surface area contributed by atoms with Gasteiger partial charge in [0.25, 0.3) is 5.91 Å². The minimum Gasteiger partial charge on any atom is -0.493 e. The number of anilines is 1. The number of pyridine rings is 1. The summed E-state index contributed by atoms with van der Waals surface area (Å²) in [6.45, 7) is 0.563. The van der Waals surface area contributed by atoms with Crippen LogP contribution in [0.1, 0.15) is 15.9 Å². The zero-order valence-corrected chi connectivity index (χ0v) is 15.3. The Balaban J connectivity index is 1.76. The van der Waals surface area contributed by atoms with E-state index in [0.717, 1.165) is 5.56 Å². The summed E-state index contributed by atoms with van der Waals surface area (Å²) in [5.74, 6) is 1.35. The first-order valence-corrected chi connectivity index (χ1v) is 8.18. The van der Waals surface area contributed by atoms with Gasteiger partial charge in [-0.2, -0.15) is 5.10 Å². The lowest BCUT2D eigenvalue weighted by molar-refractivity contribution is 0.102. The molecule has 0 aliphatic carbocycles. The van der Waals surface area contributed by atoms with Gasteiger partial charge in [0, 0.05) is 30.2 Å². The number of amides is 1. The van der Waals surface area contributed by atoms with Crippen LogP contribution < -0.4 is 19.5 Å². The molecule has 1 aromatic carbocycles. The Labute approximate surface area is 156 Å². The fourth-order valence-corrected chi connectivity index (χ4v) is 2.60. The number of benzene rings is 1. The Hall–Kier alpha value is -3.55. The third-order valence-electron chi connectivity index (χ3n) is 3.88. The molecular formula is C19H20N4O4. The van der Waals surface area contributed by atoms with Gasteiger partial charge in [-0.1, -0.05) is 6.07 Å². The molecule has 0 bridgehead atoms. The summed E-state index contributed by atoms with van der Waals surface area (Å²) in [6.07, 6.45) is 5.28. The predicted octanol–water partition coefficient (Wildman–Crippen LogP) is 2.60. The van der Waals surface area contributed by atoms with E-state index in [9.17, 15) is 4.79 Å². The summed E-state index contributed by atoms with van der Waals surface area (Å²) < 4.78 is 17.6. The number of ether oxygens (including phenoxy) is 3. The van der Waals surface area contributed by atoms with Gasteiger partial charge < -0.3 is 19.5 Å². The summed E-state index contributed by atoms with van der Waals surface area (Å²) in [5.41, 5.74) is 1.38. The lowest BCUT2D eigenvalue weighted by Gasteiger charge is -2.13. The van der Waals surface area contributed by atoms with Crippen molar-refractivity contribution >= 4 is 11.7 Å². The minimum absolute atomic E-state index is 0.333. The normalized spacial score (nSPS) is 10.3. The van der Waals surface area contributed by atoms with E-state index in [0.29, 0.717) is 35.2 Å². The Morgan fingerprint density at radius 1 is 1.11 bits per heavy atom. The molecule has 2 aromatic heterocycles. The molecule has 0 saturated heterocycles. The fourth-order valence-electron chi connectivity index (χ4n) is 2.60. The number of nitrogens with zero attached hydrogens (tertiary/aromatic N) is 3. The largest absolute Gasteiger partial charge is 0.493 e. The van der Waals surface area contributed by atoms with E-state index >= 15 is 0 Å². The number of carbonyl (C=O) groups excluding carboxylic acids is 1. The lowest BCUT2D eigenvalue weighted by Crippen LogP contribution is -2.13. The monoisotopic (exact) mass is 368 g/mol. The van der Waals surface area contributed by atoms with Crippen LogP contribution in [-0.2, 0) is 6.54 Å². The molecule has 0 aliphatic rings. The van der Waals surface area contributed by atoms with E-state index in [1.54, 1.807) is 41.5 Å². The molecule has 140 valence electrons. The second-order valence-corrected chi connectivity index (χ2v) is 5.63. The van der Waals surface area contributed by atoms with Crippen LogP contribution in [-0.4, -0.2) is 42.0 Å². The number of methoxy groups -OCH3 is 3. The SMILES string of the molecule is COc1cc(C(=O)Nc2ccn(Cc3cccnc3)n2)cc(OC)c1OC. The quantitative estimate of drug-likeness (QED) is 0.690. The first-order chi connectivity index (χ1) is 13.1. The minimum atomic E-state index is -0.333. The molecule has 1 N–H and O–H groups in total. The van der Waals surface area contributed by atoms with Gasteiger partial charge in [0.15, 0.2) is 17.3 Å². The summed E-state index contributed by atoms with van der Waals surface area (Å²) in [5, 5.41) is 7.13. The molecule has 8 nitrogen and oxygen atoms in total. The topological polar surface area (TPSA) is 87.5 Å². The van der Waals surface area contributed by atoms with E-state index in [2.05, 4.69) is 15.4 Å². The van der Waals surface area contributed by atoms with E-state index in [1.165, 1.54) is 21.3 Å². The molecule has 0 spiro atoms. The van der Waals surface area contributed by atoms with Crippen molar-refractivity contribution in [3.8, 4) is 17.2 Å². The number of hydrogen-bond acceptors (Lipinski definition) is 6. The van der Waals surface area contributed by atoms with Gasteiger partial charge in [-0.3, -0.25) is 14.5 Å². The predicted molar refractivity (Wildman–Crippen MR) is 99.6 cm³/mol. The first kappa shape index (κ1) is 18.2. The smallest absolute Gasteiger partial charge is 0.257 e. The van der Waals surface area contributed by atoms with Crippen molar-refractivity contribution in [3.05, 3.63) is 60.0 Å². The van der Waals surface area contributed by atoms with Gasteiger partial charge in [-0.25, -0.2) is 0 Å². The van der Waals surface area contributed by atoms with Crippen LogP contribution in [0.25, 0.3) is 0 Å². The second kappa shape index (κ2) is 8.22. The average molecular weight is 368 g/mol. The van der Waals surface area contributed by atoms with Crippen LogP contribution >= 0.6 is 0 Å². The van der Waals surface area contributed by atoms with E-state index in [1.807, 2.05) is 12.1 Å². The van der Waals surface area contributed by atoms with E-state index < -0.39 is 0 Å². The number of aromatic nitrogens is 3. The maximum absolute atomic E-state index is 12.6. The zero-order valence-electron chi connectivity index (χ0n) is 15.3. The first-order valence-electron chi connectivity index (χ1n) is 8.18. The fraction of sp³-hybridized carbons (Fsp3) is 0.211. The molecule has 0 fully saturated rings. The number of hydrogen-bond donors (Lipinski definition) is 1. The lowest BCUT2D eigenvalue weighted by atomic mass is 10.1. The van der Waals surface area contributed by atoms with Crippen molar-refractivity contribution < 1.29 is 19.0 Å². The molecule has 0 saturated carbocycles. The molecule has 3 rings (SSSR count). The third-order valence-corrected chi connectivity index (χ3v) is 3.88. The maximum atomic E-state index is 12.6. The van der Waals surface area contributed by atoms with Gasteiger partial charge in [-0.05, 0) is 23.8 Å². The number of carbonyl (C=O) groups is 1. The maximum Gasteiger partial charge on any atom is 0.257 e. The molecule has 27 heavy (non-hydrogen) atoms. The van der Waals surface area contributed by atoms with Crippen molar-refractivity contribution in [1.82, 2.24) is 14.8 Å². The summed E-state index contributed by atoms with van der Waals surface area (Å²) in [6, 6.07) is 8.73. The van der Waals surface area contributed by atoms with Crippen LogP contribution in [0.2, 0.25) is 0 Å². The summed E-state index contributed by atoms with van der Waals surface area (Å²) in [4.78, 5) is 16.7. The standard InChI is InChI=1S/C19H20N4O4/c1-25-15-9-14(10-16(26-2)18(15)27-3)19(24)21-17-6-8-23(22-17)12-13-5-4-7-20-11-13/h4-11H,12H2,1-3H3,(H,21,22,24). The highest BCUT2D eigenvalue weighted by Gasteiger charge is 2.17. The van der Waals surface area contributed by atoms with Crippen molar-refractivity contribution in [2.24, 2.45) is 0 Å². The van der Waals surface area contributed by atoms with E-state index in [4.69, 9.17) is 14.2 Å². The number of rotatable bonds is 7. The molecule has 0 unspecified atom stereocenters. The van der Waals surface area contributed by atoms with Crippen molar-refractivity contribution in [2.75, 3.05) is 26.6 Å². The molecular weight excluding hydrogens is 348 g/mol. The Kier molecular flexibility index (Phi) is 5.55. The Morgan fingerprint density at radius 3 is 2.44 bits per heavy atom. The highest BCUT2D eigenvalue weighted by Crippen LogP contribution is 2.38. The molecule has 2 heterocycles. The van der Waals surface area contributed by atoms with Crippen LogP contribution in [0.4, 0.5) is 5.82 Å². The molecule has 0 radical (unpaired) electrons. The molecule has 0 aliphatic heterocycles. The molecule has 3 aromatic rings. The molecule has 8 heteroatoms. The average Bonchev–Trinajstić information content (AvgIpc) is 3.14. The third kappa shape index (κ3) is 4.17. The van der Waals surface area contributed by atoms with E-state index in [-0.39, 0.29) is 5.91 Å². The van der Waals surface area contributed by atoms with Crippen molar-refractivity contribution in [3.63, 3.8) is 0 Å². The Bertz CT molecular complexity index is 899. The van der Waals surface area contributed by atoms with Crippen LogP contribution in [0.3, 0.4) is 0 Å². The van der Waals surface area contributed by atoms with Crippen LogP contribution in [0, 0.1) is 0 Å². The van der Waals surface area contributed by atoms with Gasteiger partial charge >= 0.3 is 0 Å². The Morgan fingerprint density at radius 2 is 1.85 bits per heavy atom. The van der Waals surface area contributed by atoms with Crippen molar-refractivity contribution in [1.29, 1.82) is 0 Å². The summed E-state index contributed by atoms with van der Waals surface area (Å²) in [7, 11) is 4.51. The van der Waals surface area contributed by atoms with Gasteiger partial charge in [0.05, 0.1) is 27.9 Å². The molecule has 1 amide bonds. The molecule has 0 atom stereocenters.